The summed E-state index contributed by atoms with van der Waals surface area (Å²) in [5.41, 5.74) is 5.12. The van der Waals surface area contributed by atoms with Gasteiger partial charge in [-0.3, -0.25) is 4.79 Å². The average Bonchev–Trinajstić information content (AvgIpc) is 2.96. The molecule has 0 amide bonds. The van der Waals surface area contributed by atoms with Crippen molar-refractivity contribution in [3.63, 3.8) is 0 Å². The Morgan fingerprint density at radius 1 is 0.632 bits per heavy atom. The van der Waals surface area contributed by atoms with Crippen LogP contribution in [0.15, 0.2) is 102 Å². The van der Waals surface area contributed by atoms with Crippen molar-refractivity contribution in [1.29, 1.82) is 0 Å². The number of anilines is 3. The maximum atomic E-state index is 13.9. The molecular weight excluding hydrogens is 476 g/mol. The van der Waals surface area contributed by atoms with Crippen molar-refractivity contribution in [2.75, 3.05) is 19.1 Å². The third-order valence-electron chi connectivity index (χ3n) is 6.57. The van der Waals surface area contributed by atoms with E-state index >= 15 is 0 Å². The first kappa shape index (κ1) is 24.8. The highest BCUT2D eigenvalue weighted by Crippen LogP contribution is 2.38. The summed E-state index contributed by atoms with van der Waals surface area (Å²) < 4.78 is 12.4. The van der Waals surface area contributed by atoms with Crippen LogP contribution in [0.25, 0.3) is 0 Å². The molecule has 0 saturated carbocycles. The molecule has 38 heavy (non-hydrogen) atoms. The van der Waals surface area contributed by atoms with Gasteiger partial charge in [0.25, 0.3) is 5.43 Å². The van der Waals surface area contributed by atoms with Gasteiger partial charge < -0.3 is 19.5 Å². The van der Waals surface area contributed by atoms with Gasteiger partial charge in [0.15, 0.2) is 5.69 Å². The van der Waals surface area contributed by atoms with Gasteiger partial charge in [-0.15, -0.1) is 4.58 Å². The average molecular weight is 506 g/mol. The lowest BCUT2D eigenvalue weighted by Crippen LogP contribution is -2.43. The van der Waals surface area contributed by atoms with Crippen LogP contribution in [-0.4, -0.2) is 19.3 Å². The third kappa shape index (κ3) is 4.52. The van der Waals surface area contributed by atoms with E-state index in [-0.39, 0.29) is 22.2 Å². The first-order valence-electron chi connectivity index (χ1n) is 12.3. The highest BCUT2D eigenvalue weighted by atomic mass is 16.5. The molecule has 190 valence electrons. The molecule has 1 N–H and O–H groups in total. The van der Waals surface area contributed by atoms with E-state index in [9.17, 15) is 9.90 Å². The normalized spacial score (nSPS) is 11.8. The maximum Gasteiger partial charge on any atom is 0.306 e. The topological polar surface area (TPSA) is 62.0 Å². The van der Waals surface area contributed by atoms with Crippen molar-refractivity contribution in [3.05, 3.63) is 124 Å². The van der Waals surface area contributed by atoms with Crippen LogP contribution in [0.5, 0.6) is 17.2 Å². The number of aromatic hydroxyl groups is 1. The summed E-state index contributed by atoms with van der Waals surface area (Å²) >= 11 is 0. The minimum atomic E-state index is -0.268. The summed E-state index contributed by atoms with van der Waals surface area (Å²) in [5.74, 6) is 1.32. The summed E-state index contributed by atoms with van der Waals surface area (Å²) in [6, 6.07) is 30.5. The molecule has 0 bridgehead atoms. The third-order valence-corrected chi connectivity index (χ3v) is 6.57. The first-order valence-corrected chi connectivity index (χ1v) is 12.3. The van der Waals surface area contributed by atoms with Crippen LogP contribution >= 0.6 is 0 Å². The minimum absolute atomic E-state index is 0.0808. The second-order valence-electron chi connectivity index (χ2n) is 9.11. The van der Waals surface area contributed by atoms with E-state index in [1.54, 1.807) is 23.7 Å². The quantitative estimate of drug-likeness (QED) is 0.268. The summed E-state index contributed by atoms with van der Waals surface area (Å²) in [4.78, 5) is 15.7. The molecule has 0 unspecified atom stereocenters. The van der Waals surface area contributed by atoms with Gasteiger partial charge in [0.1, 0.15) is 11.5 Å². The molecule has 0 fully saturated rings. The summed E-state index contributed by atoms with van der Waals surface area (Å²) in [6.45, 7) is 4.01. The summed E-state index contributed by atoms with van der Waals surface area (Å²) in [6.07, 6.45) is 0. The Morgan fingerprint density at radius 3 is 1.47 bits per heavy atom. The lowest BCUT2D eigenvalue weighted by molar-refractivity contribution is 0.414. The molecule has 0 aliphatic carbocycles. The number of hydrogen-bond donors (Lipinski definition) is 1. The van der Waals surface area contributed by atoms with Crippen molar-refractivity contribution >= 4 is 28.4 Å². The van der Waals surface area contributed by atoms with Crippen molar-refractivity contribution in [2.45, 2.75) is 13.8 Å². The van der Waals surface area contributed by atoms with Gasteiger partial charge in [0, 0.05) is 35.6 Å². The van der Waals surface area contributed by atoms with Gasteiger partial charge in [-0.1, -0.05) is 35.4 Å². The smallest absolute Gasteiger partial charge is 0.306 e. The summed E-state index contributed by atoms with van der Waals surface area (Å²) in [7, 11) is 3.22. The number of aryl methyl sites for hydroxylation is 2. The number of hydrogen-bond acceptors (Lipinski definition) is 5. The molecule has 0 aromatic heterocycles. The van der Waals surface area contributed by atoms with E-state index in [1.807, 2.05) is 111 Å². The Labute approximate surface area is 221 Å². The molecule has 0 atom stereocenters. The van der Waals surface area contributed by atoms with Gasteiger partial charge in [-0.25, -0.2) is 0 Å². The van der Waals surface area contributed by atoms with Crippen molar-refractivity contribution in [2.24, 2.45) is 0 Å². The number of rotatable bonds is 7. The van der Waals surface area contributed by atoms with Gasteiger partial charge in [0.2, 0.25) is 17.1 Å². The standard InChI is InChI=1S/C32H28N2O4/c1-21-5-9-23(10-6-21)33(25-13-17-27(37-3)18-14-25)29-31(35)30(32(29)36)34(24-11-7-22(2)8-12-24)26-15-19-28(38-4)20-16-26/h5-20H,1-4H3/p+1. The van der Waals surface area contributed by atoms with Crippen LogP contribution in [0.1, 0.15) is 11.1 Å². The number of nitrogens with zero attached hydrogens (tertiary/aromatic N) is 2. The molecule has 0 heterocycles. The van der Waals surface area contributed by atoms with Crippen LogP contribution in [0.2, 0.25) is 0 Å². The van der Waals surface area contributed by atoms with Crippen LogP contribution in [0, 0.1) is 13.8 Å². The molecule has 0 radical (unpaired) electrons. The molecular formula is C32H29N2O4+. The second-order valence-corrected chi connectivity index (χ2v) is 9.11. The van der Waals surface area contributed by atoms with E-state index in [0.717, 1.165) is 33.9 Å². The van der Waals surface area contributed by atoms with Crippen LogP contribution in [0.3, 0.4) is 0 Å². The van der Waals surface area contributed by atoms with Crippen molar-refractivity contribution in [3.8, 4) is 17.2 Å². The highest BCUT2D eigenvalue weighted by molar-refractivity contribution is 5.82. The molecule has 6 nitrogen and oxygen atoms in total. The molecule has 5 aromatic rings. The SMILES string of the molecule is COc1ccc(N(c2ccc(C)cc2)c2c(O)c(=[N+](c3ccc(C)cc3)c3ccc(OC)cc3)c2=O)cc1. The van der Waals surface area contributed by atoms with Gasteiger partial charge in [-0.2, -0.15) is 0 Å². The van der Waals surface area contributed by atoms with Crippen LogP contribution in [-0.2, 0) is 0 Å². The lowest BCUT2D eigenvalue weighted by atomic mass is 10.1. The molecule has 5 aromatic carbocycles. The Kier molecular flexibility index (Phi) is 6.71. The lowest BCUT2D eigenvalue weighted by Gasteiger charge is -2.26. The fourth-order valence-electron chi connectivity index (χ4n) is 4.46. The fourth-order valence-corrected chi connectivity index (χ4v) is 4.46. The zero-order chi connectivity index (χ0) is 26.8. The van der Waals surface area contributed by atoms with Crippen molar-refractivity contribution in [1.82, 2.24) is 4.58 Å². The zero-order valence-corrected chi connectivity index (χ0v) is 21.8. The molecule has 0 aliphatic rings. The fraction of sp³-hybridized carbons (Fsp3) is 0.125. The van der Waals surface area contributed by atoms with Crippen LogP contribution < -0.4 is 29.7 Å². The van der Waals surface area contributed by atoms with Crippen molar-refractivity contribution < 1.29 is 14.6 Å². The monoisotopic (exact) mass is 505 g/mol. The van der Waals surface area contributed by atoms with Gasteiger partial charge in [0.05, 0.1) is 14.2 Å². The van der Waals surface area contributed by atoms with E-state index in [4.69, 9.17) is 9.47 Å². The van der Waals surface area contributed by atoms with E-state index < -0.39 is 0 Å². The van der Waals surface area contributed by atoms with Gasteiger partial charge >= 0.3 is 5.36 Å². The Bertz CT molecular complexity index is 1640. The molecule has 5 rings (SSSR count). The minimum Gasteiger partial charge on any atom is -0.501 e. The number of benzene rings is 4. The maximum absolute atomic E-state index is 13.9. The molecule has 0 spiro atoms. The Morgan fingerprint density at radius 2 is 1.03 bits per heavy atom. The largest absolute Gasteiger partial charge is 0.501 e. The molecule has 6 heteroatoms. The Hall–Kier alpha value is -4.84. The van der Waals surface area contributed by atoms with E-state index in [2.05, 4.69) is 0 Å². The Balaban J connectivity index is 1.75. The zero-order valence-electron chi connectivity index (χ0n) is 21.8. The van der Waals surface area contributed by atoms with Gasteiger partial charge in [-0.05, 0) is 62.4 Å². The first-order chi connectivity index (χ1) is 18.4. The number of ether oxygens (including phenoxy) is 2. The second kappa shape index (κ2) is 10.3. The molecule has 0 aliphatic heterocycles. The molecule has 0 saturated heterocycles. The number of methoxy groups -OCH3 is 2. The highest BCUT2D eigenvalue weighted by Gasteiger charge is 2.34. The summed E-state index contributed by atoms with van der Waals surface area (Å²) in [5, 5.41) is 11.7. The van der Waals surface area contributed by atoms with E-state index in [1.165, 1.54) is 0 Å². The predicted octanol–water partition coefficient (Wildman–Crippen LogP) is 6.17. The predicted molar refractivity (Wildman–Crippen MR) is 151 cm³/mol. The van der Waals surface area contributed by atoms with E-state index in [0.29, 0.717) is 11.5 Å². The van der Waals surface area contributed by atoms with Crippen LogP contribution in [0.4, 0.5) is 28.4 Å².